The maximum Gasteiger partial charge on any atom is 0.407 e. The Bertz CT molecular complexity index is 2340. The summed E-state index contributed by atoms with van der Waals surface area (Å²) in [5, 5.41) is 2.72. The van der Waals surface area contributed by atoms with Gasteiger partial charge in [0.2, 0.25) is 5.91 Å². The number of hydrogen-bond donors (Lipinski definition) is 3. The molecule has 57 heavy (non-hydrogen) atoms. The Morgan fingerprint density at radius 1 is 0.702 bits per heavy atom. The number of benzene rings is 4. The van der Waals surface area contributed by atoms with Crippen molar-refractivity contribution in [3.05, 3.63) is 138 Å². The minimum Gasteiger partial charge on any atom is -0.496 e. The number of nitrogens with one attached hydrogen (secondary N) is 3. The Morgan fingerprint density at radius 3 is 1.81 bits per heavy atom. The number of methoxy groups -OCH3 is 2. The van der Waals surface area contributed by atoms with Crippen LogP contribution in [0.5, 0.6) is 5.75 Å². The molecule has 4 heterocycles. The molecule has 0 spiro atoms. The largest absolute Gasteiger partial charge is 0.496 e. The van der Waals surface area contributed by atoms with Crippen molar-refractivity contribution < 1.29 is 23.9 Å². The Morgan fingerprint density at radius 2 is 1.23 bits per heavy atom. The Kier molecular flexibility index (Phi) is 10.8. The van der Waals surface area contributed by atoms with E-state index in [1.165, 1.54) is 7.11 Å². The summed E-state index contributed by atoms with van der Waals surface area (Å²) in [4.78, 5) is 59.6. The van der Waals surface area contributed by atoms with E-state index in [2.05, 4.69) is 63.8 Å². The first kappa shape index (κ1) is 37.2. The van der Waals surface area contributed by atoms with Crippen molar-refractivity contribution in [2.75, 3.05) is 27.3 Å². The van der Waals surface area contributed by atoms with Gasteiger partial charge in [0.15, 0.2) is 0 Å². The first-order chi connectivity index (χ1) is 27.9. The highest BCUT2D eigenvalue weighted by Gasteiger charge is 2.37. The van der Waals surface area contributed by atoms with E-state index in [0.29, 0.717) is 24.5 Å². The van der Waals surface area contributed by atoms with Crippen LogP contribution in [-0.4, -0.2) is 75.0 Å². The lowest BCUT2D eigenvalue weighted by atomic mass is 10.0. The van der Waals surface area contributed by atoms with Gasteiger partial charge in [-0.2, -0.15) is 0 Å². The number of nitrogens with zero attached hydrogens (tertiary/aromatic N) is 4. The van der Waals surface area contributed by atoms with Gasteiger partial charge in [0, 0.05) is 18.7 Å². The molecule has 0 unspecified atom stereocenters. The lowest BCUT2D eigenvalue weighted by Crippen LogP contribution is -2.42. The Hall–Kier alpha value is -6.69. The van der Waals surface area contributed by atoms with Crippen LogP contribution in [0.1, 0.15) is 66.6 Å². The summed E-state index contributed by atoms with van der Waals surface area (Å²) in [5.74, 6) is 2.10. The molecule has 2 saturated heterocycles. The van der Waals surface area contributed by atoms with Crippen molar-refractivity contribution >= 4 is 17.9 Å². The standard InChI is InChI=1S/C45H45N7O5/c1-56-39-15-7-6-12-34(39)26-40(53)51-24-8-13-37(51)42-46-27-35(48-42)31-20-16-29(17-21-31)30-18-22-32(23-19-30)36-28-47-43(49-36)38-14-9-25-52(38)44(54)41(50-45(55)57-2)33-10-4-3-5-11-33/h3-7,10-12,15-23,27-28,37-38,41H,8-9,13-14,24-26H2,1-2H3,(H,46,48)(H,47,49)(H,50,55)/t37-,38-,41+/m0/s1. The minimum atomic E-state index is -0.872. The van der Waals surface area contributed by atoms with Gasteiger partial charge >= 0.3 is 6.09 Å². The smallest absolute Gasteiger partial charge is 0.407 e. The summed E-state index contributed by atoms with van der Waals surface area (Å²) in [7, 11) is 2.91. The number of carbonyl (C=O) groups excluding carboxylic acids is 3. The fraction of sp³-hybridized carbons (Fsp3) is 0.267. The number of alkyl carbamates (subject to hydrolysis) is 1. The minimum absolute atomic E-state index is 0.0688. The molecular formula is C45H45N7O5. The van der Waals surface area contributed by atoms with E-state index in [1.54, 1.807) is 18.2 Å². The molecule has 3 atom stereocenters. The van der Waals surface area contributed by atoms with Gasteiger partial charge in [-0.05, 0) is 59.6 Å². The molecule has 6 aromatic rings. The van der Waals surface area contributed by atoms with Crippen molar-refractivity contribution in [2.24, 2.45) is 0 Å². The van der Waals surface area contributed by atoms with Crippen molar-refractivity contribution in [2.45, 2.75) is 50.2 Å². The van der Waals surface area contributed by atoms with Crippen molar-refractivity contribution in [3.63, 3.8) is 0 Å². The lowest BCUT2D eigenvalue weighted by molar-refractivity contribution is -0.134. The summed E-state index contributed by atoms with van der Waals surface area (Å²) in [6, 6.07) is 32.3. The topological polar surface area (TPSA) is 146 Å². The van der Waals surface area contributed by atoms with Gasteiger partial charge in [-0.3, -0.25) is 9.59 Å². The van der Waals surface area contributed by atoms with Gasteiger partial charge in [-0.1, -0.05) is 97.1 Å². The number of H-pyrrole nitrogens is 2. The number of likely N-dealkylation sites (tertiary alicyclic amines) is 2. The highest BCUT2D eigenvalue weighted by molar-refractivity contribution is 5.87. The van der Waals surface area contributed by atoms with Crippen molar-refractivity contribution in [1.29, 1.82) is 0 Å². The molecule has 0 radical (unpaired) electrons. The number of carbonyl (C=O) groups is 3. The van der Waals surface area contributed by atoms with Crippen LogP contribution in [-0.2, 0) is 20.7 Å². The van der Waals surface area contributed by atoms with Crippen molar-refractivity contribution in [1.82, 2.24) is 35.1 Å². The second-order valence-electron chi connectivity index (χ2n) is 14.4. The summed E-state index contributed by atoms with van der Waals surface area (Å²) >= 11 is 0. The van der Waals surface area contributed by atoms with Crippen LogP contribution in [0, 0.1) is 0 Å². The summed E-state index contributed by atoms with van der Waals surface area (Å²) in [6.07, 6.45) is 6.66. The van der Waals surface area contributed by atoms with E-state index in [-0.39, 0.29) is 30.3 Å². The molecule has 3 N–H and O–H groups in total. The van der Waals surface area contributed by atoms with Gasteiger partial charge in [0.25, 0.3) is 5.91 Å². The third-order valence-corrected chi connectivity index (χ3v) is 11.0. The molecule has 12 heteroatoms. The van der Waals surface area contributed by atoms with Crippen molar-refractivity contribution in [3.8, 4) is 39.4 Å². The van der Waals surface area contributed by atoms with E-state index >= 15 is 0 Å². The van der Waals surface area contributed by atoms with Gasteiger partial charge in [0.1, 0.15) is 23.4 Å². The zero-order valence-electron chi connectivity index (χ0n) is 32.0. The number of imidazole rings is 2. The lowest BCUT2D eigenvalue weighted by Gasteiger charge is -2.28. The number of aromatic nitrogens is 4. The second-order valence-corrected chi connectivity index (χ2v) is 14.4. The maximum atomic E-state index is 13.9. The molecule has 2 fully saturated rings. The van der Waals surface area contributed by atoms with E-state index in [0.717, 1.165) is 76.5 Å². The predicted molar refractivity (Wildman–Crippen MR) is 216 cm³/mol. The first-order valence-electron chi connectivity index (χ1n) is 19.3. The zero-order chi connectivity index (χ0) is 39.3. The highest BCUT2D eigenvalue weighted by Crippen LogP contribution is 2.36. The Balaban J connectivity index is 0.918. The Labute approximate surface area is 331 Å². The predicted octanol–water partition coefficient (Wildman–Crippen LogP) is 7.81. The molecule has 2 aliphatic rings. The fourth-order valence-electron chi connectivity index (χ4n) is 8.04. The molecular weight excluding hydrogens is 719 g/mol. The average molecular weight is 764 g/mol. The summed E-state index contributed by atoms with van der Waals surface area (Å²) < 4.78 is 10.3. The fourth-order valence-corrected chi connectivity index (χ4v) is 8.04. The number of aromatic amines is 2. The first-order valence-corrected chi connectivity index (χ1v) is 19.3. The van der Waals surface area contributed by atoms with E-state index in [1.807, 2.05) is 65.7 Å². The van der Waals surface area contributed by atoms with Gasteiger partial charge in [0.05, 0.1) is 56.5 Å². The number of amides is 3. The van der Waals surface area contributed by atoms with Crippen LogP contribution in [0.4, 0.5) is 4.79 Å². The third kappa shape index (κ3) is 7.88. The van der Waals surface area contributed by atoms with Crippen LogP contribution >= 0.6 is 0 Å². The molecule has 0 bridgehead atoms. The van der Waals surface area contributed by atoms with Gasteiger partial charge < -0.3 is 34.6 Å². The second kappa shape index (κ2) is 16.6. The molecule has 3 amide bonds. The van der Waals surface area contributed by atoms with E-state index in [9.17, 15) is 14.4 Å². The third-order valence-electron chi connectivity index (χ3n) is 11.0. The quantitative estimate of drug-likeness (QED) is 0.122. The van der Waals surface area contributed by atoms with Crippen LogP contribution in [0.2, 0.25) is 0 Å². The molecule has 2 aliphatic heterocycles. The number of ether oxygens (including phenoxy) is 2. The van der Waals surface area contributed by atoms with Gasteiger partial charge in [-0.15, -0.1) is 0 Å². The SMILES string of the molecule is COC(=O)N[C@@H](C(=O)N1CCC[C@H]1c1ncc(-c2ccc(-c3ccc(-c4cnc([C@@H]5CCCN5C(=O)Cc5ccccc5OC)[nH]4)cc3)cc2)[nH]1)c1ccccc1. The normalized spacial score (nSPS) is 17.0. The molecule has 0 aliphatic carbocycles. The number of rotatable bonds is 11. The molecule has 4 aromatic carbocycles. The van der Waals surface area contributed by atoms with Crippen LogP contribution in [0.15, 0.2) is 116 Å². The number of para-hydroxylation sites is 1. The number of hydrogen-bond acceptors (Lipinski definition) is 7. The molecule has 2 aromatic heterocycles. The molecule has 8 rings (SSSR count). The van der Waals surface area contributed by atoms with Crippen LogP contribution in [0.3, 0.4) is 0 Å². The summed E-state index contributed by atoms with van der Waals surface area (Å²) in [6.45, 7) is 1.27. The summed E-state index contributed by atoms with van der Waals surface area (Å²) in [5.41, 5.74) is 7.47. The molecule has 290 valence electrons. The monoisotopic (exact) mass is 763 g/mol. The molecule has 12 nitrogen and oxygen atoms in total. The zero-order valence-corrected chi connectivity index (χ0v) is 32.0. The maximum absolute atomic E-state index is 13.9. The van der Waals surface area contributed by atoms with E-state index < -0.39 is 12.1 Å². The average Bonchev–Trinajstić information content (AvgIpc) is 4.10. The highest BCUT2D eigenvalue weighted by atomic mass is 16.5. The van der Waals surface area contributed by atoms with E-state index in [4.69, 9.17) is 19.4 Å². The van der Waals surface area contributed by atoms with Crippen LogP contribution < -0.4 is 10.1 Å². The van der Waals surface area contributed by atoms with Gasteiger partial charge in [-0.25, -0.2) is 14.8 Å². The molecule has 0 saturated carbocycles. The van der Waals surface area contributed by atoms with Crippen LogP contribution in [0.25, 0.3) is 33.6 Å².